The third-order valence-electron chi connectivity index (χ3n) is 4.04. The molecule has 0 atom stereocenters. The molecule has 0 unspecified atom stereocenters. The van der Waals surface area contributed by atoms with Crippen molar-refractivity contribution in [1.29, 1.82) is 0 Å². The molecule has 1 fully saturated rings. The molecule has 2 aromatic rings. The van der Waals surface area contributed by atoms with Gasteiger partial charge in [-0.05, 0) is 36.4 Å². The predicted molar refractivity (Wildman–Crippen MR) is 97.2 cm³/mol. The number of halogens is 1. The molecule has 27 heavy (non-hydrogen) atoms. The zero-order chi connectivity index (χ0) is 19.6. The Hall–Kier alpha value is -2.98. The first-order chi connectivity index (χ1) is 12.8. The fourth-order valence-electron chi connectivity index (χ4n) is 2.73. The highest BCUT2D eigenvalue weighted by Crippen LogP contribution is 2.23. The summed E-state index contributed by atoms with van der Waals surface area (Å²) in [5.41, 5.74) is 0.536. The molecule has 10 heteroatoms. The molecule has 0 radical (unpaired) electrons. The van der Waals surface area contributed by atoms with Crippen molar-refractivity contribution in [2.45, 2.75) is 4.90 Å². The average molecular weight is 392 g/mol. The van der Waals surface area contributed by atoms with Crippen LogP contribution in [0.2, 0.25) is 0 Å². The van der Waals surface area contributed by atoms with Gasteiger partial charge in [-0.2, -0.15) is 0 Å². The Labute approximate surface area is 155 Å². The topological polar surface area (TPSA) is 113 Å². The number of nitrogens with zero attached hydrogens (tertiary/aromatic N) is 2. The van der Waals surface area contributed by atoms with Crippen LogP contribution in [0.5, 0.6) is 0 Å². The van der Waals surface area contributed by atoms with Crippen LogP contribution in [0.4, 0.5) is 20.6 Å². The molecule has 0 aliphatic carbocycles. The molecular formula is C17H17FN4O4S. The van der Waals surface area contributed by atoms with Crippen LogP contribution in [0, 0.1) is 5.82 Å². The van der Waals surface area contributed by atoms with E-state index in [0.717, 1.165) is 0 Å². The maximum atomic E-state index is 13.9. The maximum Gasteiger partial charge on any atom is 0.325 e. The summed E-state index contributed by atoms with van der Waals surface area (Å²) in [4.78, 5) is 27.1. The number of sulfonamides is 1. The van der Waals surface area contributed by atoms with E-state index >= 15 is 0 Å². The molecule has 1 heterocycles. The van der Waals surface area contributed by atoms with Crippen molar-refractivity contribution >= 4 is 33.3 Å². The van der Waals surface area contributed by atoms with Crippen LogP contribution < -0.4 is 15.4 Å². The van der Waals surface area contributed by atoms with Crippen molar-refractivity contribution < 1.29 is 22.4 Å². The first-order valence-corrected chi connectivity index (χ1v) is 9.54. The van der Waals surface area contributed by atoms with E-state index in [1.165, 1.54) is 52.3 Å². The highest BCUT2D eigenvalue weighted by Gasteiger charge is 2.32. The Balaban J connectivity index is 1.62. The summed E-state index contributed by atoms with van der Waals surface area (Å²) < 4.78 is 36.3. The first kappa shape index (κ1) is 18.8. The summed E-state index contributed by atoms with van der Waals surface area (Å²) in [5.74, 6) is -0.964. The number of urea groups is 1. The van der Waals surface area contributed by atoms with Gasteiger partial charge in [0, 0.05) is 18.8 Å². The summed E-state index contributed by atoms with van der Waals surface area (Å²) in [6.07, 6.45) is 0. The van der Waals surface area contributed by atoms with Crippen LogP contribution >= 0.6 is 0 Å². The number of carbonyl (C=O) groups excluding carboxylic acids is 2. The van der Waals surface area contributed by atoms with Crippen LogP contribution in [-0.4, -0.2) is 44.9 Å². The summed E-state index contributed by atoms with van der Waals surface area (Å²) in [6, 6.07) is 10.8. The number of nitrogens with one attached hydrogen (secondary N) is 1. The lowest BCUT2D eigenvalue weighted by atomic mass is 10.3. The van der Waals surface area contributed by atoms with Crippen LogP contribution in [0.1, 0.15) is 0 Å². The Morgan fingerprint density at radius 2 is 1.78 bits per heavy atom. The van der Waals surface area contributed by atoms with Crippen LogP contribution in [0.25, 0.3) is 0 Å². The second-order valence-corrected chi connectivity index (χ2v) is 7.49. The molecule has 0 bridgehead atoms. The van der Waals surface area contributed by atoms with E-state index in [1.807, 2.05) is 0 Å². The molecule has 1 saturated heterocycles. The highest BCUT2D eigenvalue weighted by molar-refractivity contribution is 7.89. The van der Waals surface area contributed by atoms with E-state index in [2.05, 4.69) is 5.32 Å². The largest absolute Gasteiger partial charge is 0.325 e. The normalized spacial score (nSPS) is 14.5. The Kier molecular flexibility index (Phi) is 5.10. The smallest absolute Gasteiger partial charge is 0.325 e. The lowest BCUT2D eigenvalue weighted by Gasteiger charge is -2.18. The Morgan fingerprint density at radius 3 is 2.41 bits per heavy atom. The Bertz CT molecular complexity index is 979. The van der Waals surface area contributed by atoms with Gasteiger partial charge in [0.1, 0.15) is 12.4 Å². The van der Waals surface area contributed by atoms with E-state index in [9.17, 15) is 22.4 Å². The number of nitrogens with two attached hydrogens (primary N) is 1. The number of hydrogen-bond acceptors (Lipinski definition) is 4. The first-order valence-electron chi connectivity index (χ1n) is 7.99. The monoisotopic (exact) mass is 392 g/mol. The van der Waals surface area contributed by atoms with Crippen molar-refractivity contribution in [3.63, 3.8) is 0 Å². The fraction of sp³-hybridized carbons (Fsp3) is 0.176. The van der Waals surface area contributed by atoms with Gasteiger partial charge in [0.2, 0.25) is 15.9 Å². The van der Waals surface area contributed by atoms with Crippen LogP contribution in [0.3, 0.4) is 0 Å². The summed E-state index contributed by atoms with van der Waals surface area (Å²) in [7, 11) is -3.81. The fourth-order valence-corrected chi connectivity index (χ4v) is 3.24. The number of rotatable bonds is 5. The standard InChI is InChI=1S/C17H17FN4O4S/c18-14-3-1-2-4-15(14)22-10-9-21(17(22)24)11-16(23)20-12-5-7-13(8-6-12)27(19,25)26/h1-8H,9-11H2,(H,20,23)(H2,19,25,26). The summed E-state index contributed by atoms with van der Waals surface area (Å²) in [5, 5.41) is 7.59. The van der Waals surface area contributed by atoms with E-state index < -0.39 is 27.8 Å². The van der Waals surface area contributed by atoms with Gasteiger partial charge in [-0.3, -0.25) is 9.69 Å². The number of para-hydroxylation sites is 1. The molecule has 3 rings (SSSR count). The molecule has 1 aliphatic rings. The van der Waals surface area contributed by atoms with E-state index in [-0.39, 0.29) is 30.2 Å². The van der Waals surface area contributed by atoms with Gasteiger partial charge in [0.15, 0.2) is 0 Å². The molecule has 2 aromatic carbocycles. The minimum Gasteiger partial charge on any atom is -0.325 e. The van der Waals surface area contributed by atoms with Crippen molar-refractivity contribution in [2.75, 3.05) is 29.9 Å². The predicted octanol–water partition coefficient (Wildman–Crippen LogP) is 1.35. The third-order valence-corrected chi connectivity index (χ3v) is 4.97. The van der Waals surface area contributed by atoms with Crippen molar-refractivity contribution in [3.05, 3.63) is 54.3 Å². The van der Waals surface area contributed by atoms with Crippen LogP contribution in [0.15, 0.2) is 53.4 Å². The van der Waals surface area contributed by atoms with Gasteiger partial charge in [-0.1, -0.05) is 12.1 Å². The minimum absolute atomic E-state index is 0.0734. The second-order valence-electron chi connectivity index (χ2n) is 5.92. The van der Waals surface area contributed by atoms with Gasteiger partial charge in [-0.25, -0.2) is 22.7 Å². The number of benzene rings is 2. The average Bonchev–Trinajstić information content (AvgIpc) is 2.95. The summed E-state index contributed by atoms with van der Waals surface area (Å²) in [6.45, 7) is 0.349. The molecule has 142 valence electrons. The third kappa shape index (κ3) is 4.23. The molecular weight excluding hydrogens is 375 g/mol. The summed E-state index contributed by atoms with van der Waals surface area (Å²) >= 11 is 0. The number of primary sulfonamides is 1. The van der Waals surface area contributed by atoms with E-state index in [4.69, 9.17) is 5.14 Å². The number of carbonyl (C=O) groups is 2. The molecule has 8 nitrogen and oxygen atoms in total. The van der Waals surface area contributed by atoms with E-state index in [1.54, 1.807) is 6.07 Å². The molecule has 0 aromatic heterocycles. The highest BCUT2D eigenvalue weighted by atomic mass is 32.2. The van der Waals surface area contributed by atoms with Gasteiger partial charge >= 0.3 is 6.03 Å². The van der Waals surface area contributed by atoms with Gasteiger partial charge in [0.05, 0.1) is 10.6 Å². The van der Waals surface area contributed by atoms with Crippen molar-refractivity contribution in [1.82, 2.24) is 4.90 Å². The van der Waals surface area contributed by atoms with E-state index in [0.29, 0.717) is 5.69 Å². The number of hydrogen-bond donors (Lipinski definition) is 2. The number of amides is 3. The molecule has 3 N–H and O–H groups in total. The van der Waals surface area contributed by atoms with Gasteiger partial charge in [0.25, 0.3) is 0 Å². The molecule has 3 amide bonds. The van der Waals surface area contributed by atoms with Gasteiger partial charge < -0.3 is 10.2 Å². The van der Waals surface area contributed by atoms with Crippen molar-refractivity contribution in [3.8, 4) is 0 Å². The molecule has 1 aliphatic heterocycles. The number of anilines is 2. The SMILES string of the molecule is NS(=O)(=O)c1ccc(NC(=O)CN2CCN(c3ccccc3F)C2=O)cc1. The molecule has 0 saturated carbocycles. The Morgan fingerprint density at radius 1 is 1.11 bits per heavy atom. The zero-order valence-corrected chi connectivity index (χ0v) is 14.9. The van der Waals surface area contributed by atoms with Crippen molar-refractivity contribution in [2.24, 2.45) is 5.14 Å². The zero-order valence-electron chi connectivity index (χ0n) is 14.1. The maximum absolute atomic E-state index is 13.9. The van der Waals surface area contributed by atoms with Gasteiger partial charge in [-0.15, -0.1) is 0 Å². The quantitative estimate of drug-likeness (QED) is 0.800. The lowest BCUT2D eigenvalue weighted by Crippen LogP contribution is -2.37. The second kappa shape index (κ2) is 7.33. The van der Waals surface area contributed by atoms with Crippen LogP contribution in [-0.2, 0) is 14.8 Å². The minimum atomic E-state index is -3.81. The lowest BCUT2D eigenvalue weighted by molar-refractivity contribution is -0.116. The molecule has 0 spiro atoms.